The van der Waals surface area contributed by atoms with Crippen LogP contribution in [0.3, 0.4) is 0 Å². The van der Waals surface area contributed by atoms with Crippen molar-refractivity contribution in [3.05, 3.63) is 71.7 Å². The van der Waals surface area contributed by atoms with Crippen molar-refractivity contribution in [2.75, 3.05) is 13.1 Å². The first-order valence-electron chi connectivity index (χ1n) is 10.7. The minimum Gasteiger partial charge on any atom is -0.307 e. The second-order valence-corrected chi connectivity index (χ2v) is 8.93. The van der Waals surface area contributed by atoms with Crippen molar-refractivity contribution in [1.82, 2.24) is 29.0 Å². The third-order valence-electron chi connectivity index (χ3n) is 5.68. The molecule has 0 unspecified atom stereocenters. The summed E-state index contributed by atoms with van der Waals surface area (Å²) in [6.45, 7) is 4.98. The zero-order valence-corrected chi connectivity index (χ0v) is 18.4. The number of imidazole rings is 1. The van der Waals surface area contributed by atoms with E-state index in [0.29, 0.717) is 5.75 Å². The summed E-state index contributed by atoms with van der Waals surface area (Å²) in [6.07, 6.45) is 7.81. The second kappa shape index (κ2) is 8.80. The molecule has 5 rings (SSSR count). The first-order chi connectivity index (χ1) is 15.2. The number of fused-ring (bicyclic) bond motifs is 1. The van der Waals surface area contributed by atoms with Crippen LogP contribution in [0.4, 0.5) is 4.39 Å². The first kappa shape index (κ1) is 20.2. The summed E-state index contributed by atoms with van der Waals surface area (Å²) in [6, 6.07) is 10.6. The number of hydrogen-bond donors (Lipinski definition) is 0. The Morgan fingerprint density at radius 1 is 1.03 bits per heavy atom. The van der Waals surface area contributed by atoms with Crippen molar-refractivity contribution in [2.24, 2.45) is 0 Å². The fraction of sp³-hybridized carbons (Fsp3) is 0.348. The van der Waals surface area contributed by atoms with Gasteiger partial charge in [0.25, 0.3) is 0 Å². The predicted molar refractivity (Wildman–Crippen MR) is 120 cm³/mol. The van der Waals surface area contributed by atoms with Gasteiger partial charge >= 0.3 is 0 Å². The van der Waals surface area contributed by atoms with Crippen molar-refractivity contribution in [2.45, 2.75) is 43.6 Å². The highest BCUT2D eigenvalue weighted by molar-refractivity contribution is 7.98. The second-order valence-electron chi connectivity index (χ2n) is 7.99. The van der Waals surface area contributed by atoms with E-state index in [1.807, 2.05) is 12.3 Å². The van der Waals surface area contributed by atoms with E-state index < -0.39 is 0 Å². The maximum Gasteiger partial charge on any atom is 0.196 e. The largest absolute Gasteiger partial charge is 0.307 e. The van der Waals surface area contributed by atoms with Gasteiger partial charge < -0.3 is 4.40 Å². The summed E-state index contributed by atoms with van der Waals surface area (Å²) < 4.78 is 17.6. The minimum atomic E-state index is -0.247. The number of hydrogen-bond acceptors (Lipinski definition) is 5. The van der Waals surface area contributed by atoms with E-state index in [-0.39, 0.29) is 5.82 Å². The van der Waals surface area contributed by atoms with Gasteiger partial charge in [0.05, 0.1) is 12.2 Å². The summed E-state index contributed by atoms with van der Waals surface area (Å²) in [5.74, 6) is 1.33. The molecule has 0 amide bonds. The number of piperidine rings is 1. The number of pyridine rings is 1. The van der Waals surface area contributed by atoms with Gasteiger partial charge in [0, 0.05) is 23.8 Å². The molecule has 6 nitrogen and oxygen atoms in total. The van der Waals surface area contributed by atoms with E-state index in [0.717, 1.165) is 53.2 Å². The highest BCUT2D eigenvalue weighted by Crippen LogP contribution is 2.27. The van der Waals surface area contributed by atoms with Gasteiger partial charge in [-0.05, 0) is 68.8 Å². The molecule has 1 aromatic carbocycles. The van der Waals surface area contributed by atoms with E-state index in [9.17, 15) is 4.39 Å². The fourth-order valence-corrected chi connectivity index (χ4v) is 4.93. The number of nitrogens with zero attached hydrogens (tertiary/aromatic N) is 6. The van der Waals surface area contributed by atoms with Crippen molar-refractivity contribution in [1.29, 1.82) is 0 Å². The molecular weight excluding hydrogens is 411 g/mol. The average molecular weight is 437 g/mol. The van der Waals surface area contributed by atoms with Crippen molar-refractivity contribution in [3.8, 4) is 5.69 Å². The highest BCUT2D eigenvalue weighted by Gasteiger charge is 2.19. The van der Waals surface area contributed by atoms with Gasteiger partial charge in [0.2, 0.25) is 0 Å². The van der Waals surface area contributed by atoms with Gasteiger partial charge in [0.1, 0.15) is 11.5 Å². The van der Waals surface area contributed by atoms with Crippen LogP contribution in [0.1, 0.15) is 36.3 Å². The SMILES string of the molecule is Cc1cccn2cc(CSc3nnc(CN4CCCCC4)n3-c3ccc(F)cc3)nc12. The first-order valence-corrected chi connectivity index (χ1v) is 11.6. The number of aryl methyl sites for hydroxylation is 1. The Labute approximate surface area is 185 Å². The van der Waals surface area contributed by atoms with Gasteiger partial charge in [0.15, 0.2) is 11.0 Å². The lowest BCUT2D eigenvalue weighted by Crippen LogP contribution is -2.30. The van der Waals surface area contributed by atoms with Crippen LogP contribution >= 0.6 is 11.8 Å². The number of benzene rings is 1. The molecule has 1 aliphatic rings. The van der Waals surface area contributed by atoms with E-state index in [4.69, 9.17) is 4.98 Å². The third kappa shape index (κ3) is 4.36. The molecule has 1 aliphatic heterocycles. The normalized spacial score (nSPS) is 15.0. The van der Waals surface area contributed by atoms with Gasteiger partial charge in [-0.1, -0.05) is 24.2 Å². The summed E-state index contributed by atoms with van der Waals surface area (Å²) in [5, 5.41) is 9.80. The van der Waals surface area contributed by atoms with E-state index in [2.05, 4.69) is 43.3 Å². The van der Waals surface area contributed by atoms with E-state index in [1.54, 1.807) is 23.9 Å². The Kier molecular flexibility index (Phi) is 5.74. The van der Waals surface area contributed by atoms with Gasteiger partial charge in [-0.25, -0.2) is 9.37 Å². The number of thioether (sulfide) groups is 1. The molecule has 1 fully saturated rings. The maximum atomic E-state index is 13.5. The summed E-state index contributed by atoms with van der Waals surface area (Å²) in [4.78, 5) is 7.19. The number of halogens is 1. The Morgan fingerprint density at radius 2 is 1.84 bits per heavy atom. The molecule has 0 N–H and O–H groups in total. The standard InChI is InChI=1S/C23H25FN6S/c1-17-6-5-13-29-14-19(25-22(17)29)16-31-23-27-26-21(15-28-11-3-2-4-12-28)30(23)20-9-7-18(24)8-10-20/h5-10,13-14H,2-4,11-12,15-16H2,1H3. The topological polar surface area (TPSA) is 51.2 Å². The van der Waals surface area contributed by atoms with Crippen LogP contribution in [0.5, 0.6) is 0 Å². The van der Waals surface area contributed by atoms with Gasteiger partial charge in [-0.2, -0.15) is 0 Å². The minimum absolute atomic E-state index is 0.247. The summed E-state index contributed by atoms with van der Waals surface area (Å²) >= 11 is 1.60. The molecule has 0 bridgehead atoms. The van der Waals surface area contributed by atoms with Crippen molar-refractivity contribution < 1.29 is 4.39 Å². The monoisotopic (exact) mass is 436 g/mol. The third-order valence-corrected chi connectivity index (χ3v) is 6.64. The van der Waals surface area contributed by atoms with Crippen molar-refractivity contribution >= 4 is 17.4 Å². The van der Waals surface area contributed by atoms with Crippen LogP contribution in [-0.4, -0.2) is 42.1 Å². The molecule has 31 heavy (non-hydrogen) atoms. The number of rotatable bonds is 6. The lowest BCUT2D eigenvalue weighted by atomic mass is 10.1. The highest BCUT2D eigenvalue weighted by atomic mass is 32.2. The Hall–Kier alpha value is -2.71. The zero-order chi connectivity index (χ0) is 21.2. The predicted octanol–water partition coefficient (Wildman–Crippen LogP) is 4.64. The van der Waals surface area contributed by atoms with Crippen LogP contribution in [0, 0.1) is 12.7 Å². The van der Waals surface area contributed by atoms with E-state index >= 15 is 0 Å². The van der Waals surface area contributed by atoms with Gasteiger partial charge in [-0.3, -0.25) is 9.47 Å². The van der Waals surface area contributed by atoms with E-state index in [1.165, 1.54) is 31.4 Å². The van der Waals surface area contributed by atoms with Crippen LogP contribution in [0.25, 0.3) is 11.3 Å². The van der Waals surface area contributed by atoms with Gasteiger partial charge in [-0.15, -0.1) is 10.2 Å². The molecule has 0 aliphatic carbocycles. The smallest absolute Gasteiger partial charge is 0.196 e. The van der Waals surface area contributed by atoms with Crippen LogP contribution < -0.4 is 0 Å². The number of aromatic nitrogens is 5. The van der Waals surface area contributed by atoms with Crippen molar-refractivity contribution in [3.63, 3.8) is 0 Å². The molecule has 0 saturated carbocycles. The average Bonchev–Trinajstić information content (AvgIpc) is 3.38. The zero-order valence-electron chi connectivity index (χ0n) is 17.5. The molecule has 4 aromatic rings. The molecule has 0 radical (unpaired) electrons. The Balaban J connectivity index is 1.42. The molecular formula is C23H25FN6S. The summed E-state index contributed by atoms with van der Waals surface area (Å²) in [7, 11) is 0. The van der Waals surface area contributed by atoms with Crippen LogP contribution in [0.15, 0.2) is 53.9 Å². The fourth-order valence-electron chi connectivity index (χ4n) is 4.08. The molecule has 0 spiro atoms. The lowest BCUT2D eigenvalue weighted by molar-refractivity contribution is 0.214. The Bertz CT molecular complexity index is 1180. The van der Waals surface area contributed by atoms with Crippen LogP contribution in [-0.2, 0) is 12.3 Å². The lowest BCUT2D eigenvalue weighted by Gasteiger charge is -2.26. The molecule has 1 saturated heterocycles. The number of likely N-dealkylation sites (tertiary alicyclic amines) is 1. The molecule has 0 atom stereocenters. The Morgan fingerprint density at radius 3 is 2.61 bits per heavy atom. The molecule has 3 aromatic heterocycles. The summed E-state index contributed by atoms with van der Waals surface area (Å²) in [5.41, 5.74) is 4.00. The molecule has 160 valence electrons. The maximum absolute atomic E-state index is 13.5. The quantitative estimate of drug-likeness (QED) is 0.412. The molecule has 4 heterocycles. The van der Waals surface area contributed by atoms with Crippen LogP contribution in [0.2, 0.25) is 0 Å². The molecule has 8 heteroatoms.